The average Bonchev–Trinajstić information content (AvgIpc) is 3.44. The molecule has 2 aliphatic carbocycles. The summed E-state index contributed by atoms with van der Waals surface area (Å²) in [6.07, 6.45) is 3.35. The lowest BCUT2D eigenvalue weighted by molar-refractivity contribution is -0.133. The van der Waals surface area contributed by atoms with Crippen molar-refractivity contribution in [1.29, 1.82) is 0 Å². The van der Waals surface area contributed by atoms with E-state index in [0.717, 1.165) is 17.4 Å². The van der Waals surface area contributed by atoms with Crippen LogP contribution in [0.1, 0.15) is 36.3 Å². The van der Waals surface area contributed by atoms with Crippen LogP contribution in [-0.4, -0.2) is 16.8 Å². The molecule has 1 aromatic carbocycles. The molecule has 4 heteroatoms. The van der Waals surface area contributed by atoms with Gasteiger partial charge in [-0.05, 0) is 65.3 Å². The van der Waals surface area contributed by atoms with Crippen LogP contribution in [0, 0.1) is 5.92 Å². The summed E-state index contributed by atoms with van der Waals surface area (Å²) >= 11 is 5.17. The molecule has 0 bridgehead atoms. The lowest BCUT2D eigenvalue weighted by Gasteiger charge is -2.22. The number of carbonyl (C=O) groups excluding carboxylic acids is 1. The first kappa shape index (κ1) is 14.5. The molecule has 0 radical (unpaired) electrons. The summed E-state index contributed by atoms with van der Waals surface area (Å²) < 4.78 is 1.09. The summed E-state index contributed by atoms with van der Waals surface area (Å²) in [6.45, 7) is 0.788. The Morgan fingerprint density at radius 1 is 1.23 bits per heavy atom. The molecule has 114 valence electrons. The zero-order chi connectivity index (χ0) is 15.1. The summed E-state index contributed by atoms with van der Waals surface area (Å²) in [5.74, 6) is 0.978. The second kappa shape index (κ2) is 5.82. The van der Waals surface area contributed by atoms with Gasteiger partial charge in [0, 0.05) is 23.0 Å². The van der Waals surface area contributed by atoms with Crippen LogP contribution in [0.15, 0.2) is 45.6 Å². The van der Waals surface area contributed by atoms with E-state index in [0.29, 0.717) is 17.9 Å². The highest BCUT2D eigenvalue weighted by atomic mass is 79.9. The fourth-order valence-electron chi connectivity index (χ4n) is 3.11. The van der Waals surface area contributed by atoms with Gasteiger partial charge in [-0.15, -0.1) is 0 Å². The second-order valence-corrected chi connectivity index (χ2v) is 8.02. The number of benzene rings is 1. The topological polar surface area (TPSA) is 20.3 Å². The predicted octanol–water partition coefficient (Wildman–Crippen LogP) is 4.81. The fraction of sp³-hybridized carbons (Fsp3) is 0.389. The zero-order valence-corrected chi connectivity index (χ0v) is 14.6. The lowest BCUT2D eigenvalue weighted by atomic mass is 10.1. The van der Waals surface area contributed by atoms with Gasteiger partial charge >= 0.3 is 0 Å². The second-order valence-electron chi connectivity index (χ2n) is 6.33. The van der Waals surface area contributed by atoms with Crippen molar-refractivity contribution < 1.29 is 4.79 Å². The Kier molecular flexibility index (Phi) is 3.82. The van der Waals surface area contributed by atoms with Crippen LogP contribution in [0.4, 0.5) is 0 Å². The van der Waals surface area contributed by atoms with Gasteiger partial charge in [-0.25, -0.2) is 0 Å². The van der Waals surface area contributed by atoms with Gasteiger partial charge < -0.3 is 4.90 Å². The Morgan fingerprint density at radius 2 is 2.00 bits per heavy atom. The summed E-state index contributed by atoms with van der Waals surface area (Å²) in [6, 6.07) is 11.0. The Hall–Kier alpha value is -1.13. The Balaban J connectivity index is 1.45. The minimum Gasteiger partial charge on any atom is -0.335 e. The standard InChI is InChI=1S/C18H18BrNOS/c19-14-3-1-13(2-4-14)16-9-17(16)18(21)20(15-5-6-15)10-12-7-8-22-11-12/h1-4,7-8,11,15-17H,5-6,9-10H2/t16-,17+/m0/s1. The molecule has 1 heterocycles. The predicted molar refractivity (Wildman–Crippen MR) is 92.9 cm³/mol. The van der Waals surface area contributed by atoms with E-state index < -0.39 is 0 Å². The van der Waals surface area contributed by atoms with E-state index in [1.807, 2.05) is 0 Å². The highest BCUT2D eigenvalue weighted by Gasteiger charge is 2.48. The fourth-order valence-corrected chi connectivity index (χ4v) is 4.04. The van der Waals surface area contributed by atoms with Crippen LogP contribution >= 0.6 is 27.3 Å². The van der Waals surface area contributed by atoms with Crippen molar-refractivity contribution in [2.45, 2.75) is 37.8 Å². The number of rotatable bonds is 5. The Morgan fingerprint density at radius 3 is 2.64 bits per heavy atom. The van der Waals surface area contributed by atoms with Crippen molar-refractivity contribution in [1.82, 2.24) is 4.90 Å². The van der Waals surface area contributed by atoms with Crippen molar-refractivity contribution in [3.63, 3.8) is 0 Å². The minimum absolute atomic E-state index is 0.195. The quantitative estimate of drug-likeness (QED) is 0.734. The average molecular weight is 376 g/mol. The number of hydrogen-bond donors (Lipinski definition) is 0. The van der Waals surface area contributed by atoms with Crippen LogP contribution < -0.4 is 0 Å². The number of nitrogens with zero attached hydrogens (tertiary/aromatic N) is 1. The van der Waals surface area contributed by atoms with Gasteiger partial charge in [0.1, 0.15) is 0 Å². The van der Waals surface area contributed by atoms with Gasteiger partial charge in [-0.2, -0.15) is 11.3 Å². The minimum atomic E-state index is 0.195. The molecule has 0 saturated heterocycles. The summed E-state index contributed by atoms with van der Waals surface area (Å²) in [7, 11) is 0. The molecule has 4 rings (SSSR count). The van der Waals surface area contributed by atoms with Crippen molar-refractivity contribution in [2.75, 3.05) is 0 Å². The monoisotopic (exact) mass is 375 g/mol. The maximum absolute atomic E-state index is 12.9. The van der Waals surface area contributed by atoms with Crippen LogP contribution in [0.25, 0.3) is 0 Å². The number of hydrogen-bond acceptors (Lipinski definition) is 2. The summed E-state index contributed by atoms with van der Waals surface area (Å²) in [4.78, 5) is 15.0. The van der Waals surface area contributed by atoms with Gasteiger partial charge in [0.05, 0.1) is 0 Å². The number of halogens is 1. The number of thiophene rings is 1. The van der Waals surface area contributed by atoms with Crippen LogP contribution in [0.2, 0.25) is 0 Å². The molecular weight excluding hydrogens is 358 g/mol. The van der Waals surface area contributed by atoms with Crippen molar-refractivity contribution in [3.05, 3.63) is 56.7 Å². The molecule has 1 amide bonds. The van der Waals surface area contributed by atoms with E-state index in [-0.39, 0.29) is 5.92 Å². The third-order valence-electron chi connectivity index (χ3n) is 4.61. The molecule has 0 aliphatic heterocycles. The first-order valence-electron chi connectivity index (χ1n) is 7.79. The molecule has 2 nitrogen and oxygen atoms in total. The molecular formula is C18H18BrNOS. The largest absolute Gasteiger partial charge is 0.335 e. The van der Waals surface area contributed by atoms with Crippen molar-refractivity contribution >= 4 is 33.2 Å². The SMILES string of the molecule is O=C([C@@H]1C[C@H]1c1ccc(Br)cc1)N(Cc1ccsc1)C1CC1. The first-order valence-corrected chi connectivity index (χ1v) is 9.53. The van der Waals surface area contributed by atoms with Gasteiger partial charge in [0.25, 0.3) is 0 Å². The molecule has 0 N–H and O–H groups in total. The highest BCUT2D eigenvalue weighted by Crippen LogP contribution is 2.49. The lowest BCUT2D eigenvalue weighted by Crippen LogP contribution is -2.34. The van der Waals surface area contributed by atoms with Gasteiger partial charge in [-0.1, -0.05) is 28.1 Å². The third kappa shape index (κ3) is 2.99. The molecule has 0 unspecified atom stereocenters. The van der Waals surface area contributed by atoms with Gasteiger partial charge in [0.15, 0.2) is 0 Å². The van der Waals surface area contributed by atoms with Crippen molar-refractivity contribution in [3.8, 4) is 0 Å². The molecule has 2 saturated carbocycles. The molecule has 2 aromatic rings. The zero-order valence-electron chi connectivity index (χ0n) is 12.2. The molecule has 1 aromatic heterocycles. The van der Waals surface area contributed by atoms with E-state index in [1.165, 1.54) is 24.0 Å². The van der Waals surface area contributed by atoms with Gasteiger partial charge in [0.2, 0.25) is 5.91 Å². The maximum Gasteiger partial charge on any atom is 0.226 e. The van der Waals surface area contributed by atoms with Crippen molar-refractivity contribution in [2.24, 2.45) is 5.92 Å². The normalized spacial score (nSPS) is 23.3. The molecule has 22 heavy (non-hydrogen) atoms. The molecule has 2 atom stereocenters. The molecule has 2 aliphatic rings. The van der Waals surface area contributed by atoms with Crippen LogP contribution in [0.5, 0.6) is 0 Å². The summed E-state index contributed by atoms with van der Waals surface area (Å²) in [5.41, 5.74) is 2.57. The highest BCUT2D eigenvalue weighted by molar-refractivity contribution is 9.10. The molecule has 2 fully saturated rings. The number of amides is 1. The Labute approximate surface area is 143 Å². The van der Waals surface area contributed by atoms with E-state index in [4.69, 9.17) is 0 Å². The van der Waals surface area contributed by atoms with E-state index in [1.54, 1.807) is 11.3 Å². The third-order valence-corrected chi connectivity index (χ3v) is 5.87. The van der Waals surface area contributed by atoms with Crippen LogP contribution in [0.3, 0.4) is 0 Å². The first-order chi connectivity index (χ1) is 10.7. The van der Waals surface area contributed by atoms with Crippen LogP contribution in [-0.2, 0) is 11.3 Å². The van der Waals surface area contributed by atoms with Gasteiger partial charge in [-0.3, -0.25) is 4.79 Å². The van der Waals surface area contributed by atoms with E-state index in [9.17, 15) is 4.79 Å². The summed E-state index contributed by atoms with van der Waals surface area (Å²) in [5, 5.41) is 4.24. The number of carbonyl (C=O) groups is 1. The maximum atomic E-state index is 12.9. The Bertz CT molecular complexity index is 663. The van der Waals surface area contributed by atoms with E-state index >= 15 is 0 Å². The smallest absolute Gasteiger partial charge is 0.226 e. The molecule has 0 spiro atoms. The van der Waals surface area contributed by atoms with E-state index in [2.05, 4.69) is 61.9 Å².